The molecule has 3 aromatic rings. The Morgan fingerprint density at radius 1 is 1.39 bits per heavy atom. The fraction of sp³-hybridized carbons (Fsp3) is 0.214. The lowest BCUT2D eigenvalue weighted by atomic mass is 10.1. The molecular weight excluding hydrogens is 331 g/mol. The molecule has 0 saturated heterocycles. The summed E-state index contributed by atoms with van der Waals surface area (Å²) in [4.78, 5) is 16.0. The summed E-state index contributed by atoms with van der Waals surface area (Å²) in [5.41, 5.74) is 0.752. The van der Waals surface area contributed by atoms with Crippen molar-refractivity contribution >= 4 is 28.2 Å². The Morgan fingerprint density at radius 2 is 2.17 bits per heavy atom. The third-order valence-electron chi connectivity index (χ3n) is 3.08. The van der Waals surface area contributed by atoms with Gasteiger partial charge in [-0.3, -0.25) is 5.10 Å². The average molecular weight is 341 g/mol. The van der Waals surface area contributed by atoms with Gasteiger partial charge >= 0.3 is 12.1 Å². The Labute approximate surface area is 132 Å². The quantitative estimate of drug-likeness (QED) is 0.736. The fourth-order valence-electron chi connectivity index (χ4n) is 2.06. The van der Waals surface area contributed by atoms with Crippen molar-refractivity contribution in [2.24, 2.45) is 0 Å². The van der Waals surface area contributed by atoms with Crippen molar-refractivity contribution in [3.8, 4) is 0 Å². The van der Waals surface area contributed by atoms with Crippen LogP contribution in [0.25, 0.3) is 10.9 Å². The van der Waals surface area contributed by atoms with Gasteiger partial charge in [-0.25, -0.2) is 9.78 Å². The average Bonchev–Trinajstić information content (AvgIpc) is 3.11. The van der Waals surface area contributed by atoms with E-state index < -0.39 is 18.2 Å². The Hall–Kier alpha value is -2.42. The second-order valence-corrected chi connectivity index (χ2v) is 5.68. The van der Waals surface area contributed by atoms with Crippen LogP contribution in [-0.4, -0.2) is 27.3 Å². The van der Waals surface area contributed by atoms with Crippen molar-refractivity contribution in [1.82, 2.24) is 15.2 Å². The minimum absolute atomic E-state index is 0.0115. The Kier molecular flexibility index (Phi) is 3.80. The first kappa shape index (κ1) is 15.5. The maximum absolute atomic E-state index is 13.2. The first-order valence-electron chi connectivity index (χ1n) is 6.48. The van der Waals surface area contributed by atoms with E-state index in [2.05, 4.69) is 15.2 Å². The number of aryl methyl sites for hydroxylation is 1. The third kappa shape index (κ3) is 3.04. The van der Waals surface area contributed by atoms with Crippen LogP contribution in [0.4, 0.5) is 13.2 Å². The van der Waals surface area contributed by atoms with E-state index in [9.17, 15) is 18.0 Å². The van der Waals surface area contributed by atoms with Gasteiger partial charge in [-0.2, -0.15) is 18.3 Å². The van der Waals surface area contributed by atoms with Gasteiger partial charge in [0.25, 0.3) is 0 Å². The first-order valence-corrected chi connectivity index (χ1v) is 7.36. The topological polar surface area (TPSA) is 67.9 Å². The number of carbonyl (C=O) groups excluding carboxylic acids is 1. The first-order chi connectivity index (χ1) is 10.9. The molecule has 0 fully saturated rings. The number of thiazole rings is 1. The van der Waals surface area contributed by atoms with Gasteiger partial charge in [0.15, 0.2) is 0 Å². The molecule has 0 spiro atoms. The molecule has 0 aliphatic heterocycles. The predicted octanol–water partition coefficient (Wildman–Crippen LogP) is 3.79. The number of H-pyrrole nitrogens is 1. The van der Waals surface area contributed by atoms with Crippen LogP contribution in [0.5, 0.6) is 0 Å². The number of nitrogens with one attached hydrogen (secondary N) is 1. The van der Waals surface area contributed by atoms with Crippen LogP contribution in [0.1, 0.15) is 27.2 Å². The van der Waals surface area contributed by atoms with Gasteiger partial charge in [0.05, 0.1) is 17.3 Å². The molecule has 1 aromatic carbocycles. The van der Waals surface area contributed by atoms with Gasteiger partial charge in [-0.1, -0.05) is 12.1 Å². The number of halogens is 3. The summed E-state index contributed by atoms with van der Waals surface area (Å²) in [5, 5.41) is 8.12. The molecule has 1 N–H and O–H groups in total. The van der Waals surface area contributed by atoms with E-state index in [4.69, 9.17) is 4.74 Å². The van der Waals surface area contributed by atoms with Crippen molar-refractivity contribution < 1.29 is 22.7 Å². The van der Waals surface area contributed by atoms with Gasteiger partial charge in [0.2, 0.25) is 6.10 Å². The van der Waals surface area contributed by atoms with E-state index in [0.29, 0.717) is 16.6 Å². The Balaban J connectivity index is 1.94. The van der Waals surface area contributed by atoms with Gasteiger partial charge in [-0.05, 0) is 13.0 Å². The maximum Gasteiger partial charge on any atom is 0.432 e. The molecule has 1 atom stereocenters. The number of alkyl halides is 3. The number of hydrogen-bond donors (Lipinski definition) is 1. The molecule has 0 bridgehead atoms. The summed E-state index contributed by atoms with van der Waals surface area (Å²) < 4.78 is 44.4. The van der Waals surface area contributed by atoms with Crippen LogP contribution in [0, 0.1) is 6.92 Å². The van der Waals surface area contributed by atoms with Crippen molar-refractivity contribution in [1.29, 1.82) is 0 Å². The lowest BCUT2D eigenvalue weighted by Crippen LogP contribution is -2.26. The summed E-state index contributed by atoms with van der Waals surface area (Å²) >= 11 is 0.798. The zero-order valence-electron chi connectivity index (χ0n) is 11.7. The summed E-state index contributed by atoms with van der Waals surface area (Å²) in [6, 6.07) is 4.61. The van der Waals surface area contributed by atoms with E-state index in [0.717, 1.165) is 11.3 Å². The molecule has 0 unspecified atom stereocenters. The minimum Gasteiger partial charge on any atom is -0.441 e. The van der Waals surface area contributed by atoms with Crippen molar-refractivity contribution in [2.45, 2.75) is 19.2 Å². The van der Waals surface area contributed by atoms with Gasteiger partial charge < -0.3 is 4.74 Å². The number of esters is 1. The van der Waals surface area contributed by atoms with Crippen LogP contribution in [-0.2, 0) is 4.74 Å². The minimum atomic E-state index is -4.75. The molecule has 0 aliphatic rings. The predicted molar refractivity (Wildman–Crippen MR) is 77.2 cm³/mol. The van der Waals surface area contributed by atoms with Crippen LogP contribution in [0.3, 0.4) is 0 Å². The second-order valence-electron chi connectivity index (χ2n) is 4.79. The number of aromatic nitrogens is 3. The summed E-state index contributed by atoms with van der Waals surface area (Å²) in [7, 11) is 0. The number of para-hydroxylation sites is 1. The number of hydrogen-bond acceptors (Lipinski definition) is 5. The zero-order chi connectivity index (χ0) is 16.6. The zero-order valence-corrected chi connectivity index (χ0v) is 12.5. The number of rotatable bonds is 3. The maximum atomic E-state index is 13.2. The highest BCUT2D eigenvalue weighted by molar-refractivity contribution is 7.09. The van der Waals surface area contributed by atoms with Crippen molar-refractivity contribution in [3.63, 3.8) is 0 Å². The Morgan fingerprint density at radius 3 is 2.83 bits per heavy atom. The smallest absolute Gasteiger partial charge is 0.432 e. The van der Waals surface area contributed by atoms with Gasteiger partial charge in [0.1, 0.15) is 5.01 Å². The number of fused-ring (bicyclic) bond motifs is 1. The highest BCUT2D eigenvalue weighted by Gasteiger charge is 2.46. The highest BCUT2D eigenvalue weighted by atomic mass is 32.1. The third-order valence-corrected chi connectivity index (χ3v) is 4.09. The molecule has 0 amide bonds. The van der Waals surface area contributed by atoms with Gasteiger partial charge in [0, 0.05) is 16.5 Å². The highest BCUT2D eigenvalue weighted by Crippen LogP contribution is 2.38. The van der Waals surface area contributed by atoms with Crippen LogP contribution in [0.15, 0.2) is 29.8 Å². The molecule has 0 aliphatic carbocycles. The molecular formula is C14H10F3N3O2S. The molecule has 2 aromatic heterocycles. The summed E-state index contributed by atoms with van der Waals surface area (Å²) in [6.45, 7) is 1.57. The summed E-state index contributed by atoms with van der Waals surface area (Å²) in [6.07, 6.45) is -5.67. The molecule has 0 saturated carbocycles. The van der Waals surface area contributed by atoms with E-state index in [1.807, 2.05) is 0 Å². The number of benzene rings is 1. The fourth-order valence-corrected chi connectivity index (χ4v) is 2.91. The molecule has 3 rings (SSSR count). The largest absolute Gasteiger partial charge is 0.441 e. The van der Waals surface area contributed by atoms with Crippen molar-refractivity contribution in [3.05, 3.63) is 46.0 Å². The molecule has 9 heteroatoms. The van der Waals surface area contributed by atoms with E-state index >= 15 is 0 Å². The van der Waals surface area contributed by atoms with Crippen LogP contribution >= 0.6 is 11.3 Å². The number of nitrogens with zero attached hydrogens (tertiary/aromatic N) is 2. The standard InChI is InChI=1S/C14H10F3N3O2S/c1-7-6-23-12(19-7)11(14(15,16)17)22-13(21)9-4-2-3-8-5-18-20-10(8)9/h2-6,11H,1H3,(H,18,20)/t11-/m1/s1. The van der Waals surface area contributed by atoms with Crippen LogP contribution in [0.2, 0.25) is 0 Å². The molecule has 0 radical (unpaired) electrons. The van der Waals surface area contributed by atoms with E-state index in [1.165, 1.54) is 17.6 Å². The van der Waals surface area contributed by atoms with E-state index in [1.54, 1.807) is 19.1 Å². The molecule has 5 nitrogen and oxygen atoms in total. The van der Waals surface area contributed by atoms with Crippen molar-refractivity contribution in [2.75, 3.05) is 0 Å². The molecule has 120 valence electrons. The summed E-state index contributed by atoms with van der Waals surface area (Å²) in [5.74, 6) is -1.09. The number of carbonyl (C=O) groups is 1. The molecule has 23 heavy (non-hydrogen) atoms. The second kappa shape index (κ2) is 5.65. The number of aromatic amines is 1. The number of ether oxygens (including phenoxy) is 1. The van der Waals surface area contributed by atoms with Crippen LogP contribution < -0.4 is 0 Å². The lowest BCUT2D eigenvalue weighted by Gasteiger charge is -2.18. The monoisotopic (exact) mass is 341 g/mol. The Bertz CT molecular complexity index is 856. The van der Waals surface area contributed by atoms with Gasteiger partial charge in [-0.15, -0.1) is 11.3 Å². The lowest BCUT2D eigenvalue weighted by molar-refractivity contribution is -0.207. The SMILES string of the molecule is Cc1csc([C@@H](OC(=O)c2cccc3cn[nH]c23)C(F)(F)F)n1. The normalized spacial score (nSPS) is 13.2. The van der Waals surface area contributed by atoms with E-state index in [-0.39, 0.29) is 10.6 Å². The molecule has 2 heterocycles.